The summed E-state index contributed by atoms with van der Waals surface area (Å²) in [5, 5.41) is 14.0. The van der Waals surface area contributed by atoms with Crippen LogP contribution in [0.3, 0.4) is 0 Å². The van der Waals surface area contributed by atoms with Crippen molar-refractivity contribution in [1.29, 1.82) is 0 Å². The first-order valence-corrected chi connectivity index (χ1v) is 9.31. The molecule has 1 atom stereocenters. The number of tetrazole rings is 1. The number of rotatable bonds is 9. The second kappa shape index (κ2) is 10.0. The van der Waals surface area contributed by atoms with Gasteiger partial charge in [-0.15, -0.1) is 10.2 Å². The molecular weight excluding hydrogens is 322 g/mol. The summed E-state index contributed by atoms with van der Waals surface area (Å²) in [6.07, 6.45) is 12.7. The lowest BCUT2D eigenvalue weighted by atomic mass is 10.1. The molecule has 140 valence electrons. The van der Waals surface area contributed by atoms with Gasteiger partial charge in [0.2, 0.25) is 0 Å². The van der Waals surface area contributed by atoms with Crippen molar-refractivity contribution in [3.05, 3.63) is 65.6 Å². The molecule has 2 rings (SSSR count). The molecule has 1 aliphatic heterocycles. The molecule has 0 amide bonds. The van der Waals surface area contributed by atoms with Crippen LogP contribution in [0.25, 0.3) is 0 Å². The Kier molecular flexibility index (Phi) is 7.73. The molecule has 0 aromatic carbocycles. The van der Waals surface area contributed by atoms with E-state index in [1.807, 2.05) is 0 Å². The van der Waals surface area contributed by atoms with E-state index in [0.29, 0.717) is 12.2 Å². The van der Waals surface area contributed by atoms with Gasteiger partial charge in [0.25, 0.3) is 0 Å². The molecule has 5 heteroatoms. The van der Waals surface area contributed by atoms with Crippen molar-refractivity contribution < 1.29 is 0 Å². The quantitative estimate of drug-likeness (QED) is 0.677. The molecule has 0 saturated carbocycles. The van der Waals surface area contributed by atoms with Crippen LogP contribution in [0.5, 0.6) is 0 Å². The van der Waals surface area contributed by atoms with Crippen molar-refractivity contribution in [1.82, 2.24) is 25.5 Å². The van der Waals surface area contributed by atoms with Crippen LogP contribution in [-0.2, 0) is 6.42 Å². The molecule has 1 aromatic rings. The second-order valence-corrected chi connectivity index (χ2v) is 7.16. The Hall–Kier alpha value is -2.27. The highest BCUT2D eigenvalue weighted by molar-refractivity contribution is 5.40. The van der Waals surface area contributed by atoms with Gasteiger partial charge >= 0.3 is 0 Å². The van der Waals surface area contributed by atoms with E-state index >= 15 is 0 Å². The molecule has 26 heavy (non-hydrogen) atoms. The summed E-state index contributed by atoms with van der Waals surface area (Å²) in [5.41, 5.74) is 4.47. The SMILES string of the molecule is C=C(/C=C\C(=C)C(C)=C/C=C(\C)Cc1nn[nH]n1)CCN1CCCC1C. The molecule has 1 saturated heterocycles. The summed E-state index contributed by atoms with van der Waals surface area (Å²) in [7, 11) is 0. The Balaban J connectivity index is 1.79. The van der Waals surface area contributed by atoms with Gasteiger partial charge in [-0.2, -0.15) is 5.21 Å². The molecule has 0 aliphatic carbocycles. The first-order valence-electron chi connectivity index (χ1n) is 9.31. The number of nitrogens with zero attached hydrogens (tertiary/aromatic N) is 4. The van der Waals surface area contributed by atoms with E-state index in [-0.39, 0.29) is 0 Å². The lowest BCUT2D eigenvalue weighted by Gasteiger charge is -2.20. The van der Waals surface area contributed by atoms with E-state index in [1.165, 1.54) is 25.0 Å². The van der Waals surface area contributed by atoms with Crippen molar-refractivity contribution in [2.45, 2.75) is 52.5 Å². The fourth-order valence-corrected chi connectivity index (χ4v) is 2.99. The third-order valence-electron chi connectivity index (χ3n) is 4.88. The van der Waals surface area contributed by atoms with E-state index in [0.717, 1.165) is 35.7 Å². The van der Waals surface area contributed by atoms with E-state index < -0.39 is 0 Å². The maximum absolute atomic E-state index is 4.18. The predicted octanol–water partition coefficient (Wildman–Crippen LogP) is 4.18. The molecule has 1 aromatic heterocycles. The predicted molar refractivity (Wildman–Crippen MR) is 108 cm³/mol. The highest BCUT2D eigenvalue weighted by Crippen LogP contribution is 2.18. The van der Waals surface area contributed by atoms with Gasteiger partial charge in [0.1, 0.15) is 0 Å². The smallest absolute Gasteiger partial charge is 0.178 e. The average Bonchev–Trinajstić information content (AvgIpc) is 3.27. The Morgan fingerprint density at radius 3 is 2.73 bits per heavy atom. The van der Waals surface area contributed by atoms with Gasteiger partial charge in [0.05, 0.1) is 0 Å². The third kappa shape index (κ3) is 6.56. The highest BCUT2D eigenvalue weighted by atomic mass is 15.5. The lowest BCUT2D eigenvalue weighted by Crippen LogP contribution is -2.27. The zero-order chi connectivity index (χ0) is 18.9. The number of hydrogen-bond acceptors (Lipinski definition) is 4. The van der Waals surface area contributed by atoms with E-state index in [2.05, 4.69) is 83.8 Å². The maximum atomic E-state index is 4.18. The van der Waals surface area contributed by atoms with E-state index in [9.17, 15) is 0 Å². The Morgan fingerprint density at radius 1 is 1.27 bits per heavy atom. The second-order valence-electron chi connectivity index (χ2n) is 7.16. The molecule has 1 unspecified atom stereocenters. The Morgan fingerprint density at radius 2 is 2.08 bits per heavy atom. The first-order chi connectivity index (χ1) is 12.5. The first kappa shape index (κ1) is 20.0. The molecule has 0 bridgehead atoms. The van der Waals surface area contributed by atoms with Gasteiger partial charge in [0.15, 0.2) is 5.82 Å². The van der Waals surface area contributed by atoms with Crippen molar-refractivity contribution in [2.24, 2.45) is 0 Å². The number of nitrogens with one attached hydrogen (secondary N) is 1. The van der Waals surface area contributed by atoms with Crippen LogP contribution in [0.1, 0.15) is 45.9 Å². The Labute approximate surface area is 157 Å². The van der Waals surface area contributed by atoms with Gasteiger partial charge in [-0.05, 0) is 57.7 Å². The number of allylic oxidation sites excluding steroid dienone is 7. The fraction of sp³-hybridized carbons (Fsp3) is 0.476. The van der Waals surface area contributed by atoms with Crippen molar-refractivity contribution in [2.75, 3.05) is 13.1 Å². The zero-order valence-electron chi connectivity index (χ0n) is 16.3. The zero-order valence-corrected chi connectivity index (χ0v) is 16.3. The van der Waals surface area contributed by atoms with Crippen LogP contribution in [0.15, 0.2) is 59.8 Å². The van der Waals surface area contributed by atoms with Crippen molar-refractivity contribution in [3.63, 3.8) is 0 Å². The van der Waals surface area contributed by atoms with Gasteiger partial charge in [-0.1, -0.05) is 53.8 Å². The largest absolute Gasteiger partial charge is 0.300 e. The average molecular weight is 354 g/mol. The van der Waals surface area contributed by atoms with Gasteiger partial charge < -0.3 is 4.90 Å². The standard InChI is InChI=1S/C21H31N5/c1-16(12-14-26-13-6-7-20(26)5)8-10-18(3)19(4)11-9-17(2)15-21-22-24-25-23-21/h8-11,20H,1,3,6-7,12-15H2,2,4-5H3,(H,22,23,24,25)/b10-8-,17-9+,19-11?. The molecule has 5 nitrogen and oxygen atoms in total. The minimum atomic E-state index is 0.689. The summed E-state index contributed by atoms with van der Waals surface area (Å²) in [5.74, 6) is 0.701. The molecule has 1 fully saturated rings. The third-order valence-corrected chi connectivity index (χ3v) is 4.88. The maximum Gasteiger partial charge on any atom is 0.178 e. The number of aromatic nitrogens is 4. The van der Waals surface area contributed by atoms with Crippen LogP contribution in [-0.4, -0.2) is 44.7 Å². The summed E-state index contributed by atoms with van der Waals surface area (Å²) in [4.78, 5) is 2.55. The minimum Gasteiger partial charge on any atom is -0.300 e. The number of aromatic amines is 1. The van der Waals surface area contributed by atoms with Crippen molar-refractivity contribution in [3.8, 4) is 0 Å². The topological polar surface area (TPSA) is 57.7 Å². The minimum absolute atomic E-state index is 0.689. The van der Waals surface area contributed by atoms with E-state index in [4.69, 9.17) is 0 Å². The fourth-order valence-electron chi connectivity index (χ4n) is 2.99. The van der Waals surface area contributed by atoms with Gasteiger partial charge in [-0.25, -0.2) is 0 Å². The van der Waals surface area contributed by atoms with Crippen LogP contribution in [0.4, 0.5) is 0 Å². The molecular formula is C21H31N5. The molecule has 2 heterocycles. The molecule has 0 spiro atoms. The van der Waals surface area contributed by atoms with Crippen LogP contribution < -0.4 is 0 Å². The van der Waals surface area contributed by atoms with Crippen molar-refractivity contribution >= 4 is 0 Å². The molecule has 1 N–H and O–H groups in total. The number of hydrogen-bond donors (Lipinski definition) is 1. The normalized spacial score (nSPS) is 19.4. The summed E-state index contributed by atoms with van der Waals surface area (Å²) in [6, 6.07) is 0.717. The molecule has 0 radical (unpaired) electrons. The van der Waals surface area contributed by atoms with Crippen LogP contribution in [0.2, 0.25) is 0 Å². The van der Waals surface area contributed by atoms with Gasteiger partial charge in [0, 0.05) is 19.0 Å². The van der Waals surface area contributed by atoms with Crippen LogP contribution >= 0.6 is 0 Å². The summed E-state index contributed by atoms with van der Waals surface area (Å²) < 4.78 is 0. The monoisotopic (exact) mass is 353 g/mol. The van der Waals surface area contributed by atoms with E-state index in [1.54, 1.807) is 0 Å². The summed E-state index contributed by atoms with van der Waals surface area (Å²) >= 11 is 0. The summed E-state index contributed by atoms with van der Waals surface area (Å²) in [6.45, 7) is 17.1. The lowest BCUT2D eigenvalue weighted by molar-refractivity contribution is 0.273. The van der Waals surface area contributed by atoms with Gasteiger partial charge in [-0.3, -0.25) is 0 Å². The van der Waals surface area contributed by atoms with Crippen LogP contribution in [0, 0.1) is 0 Å². The Bertz CT molecular complexity index is 694. The highest BCUT2D eigenvalue weighted by Gasteiger charge is 2.19. The molecule has 1 aliphatic rings. The number of likely N-dealkylation sites (tertiary alicyclic amines) is 1. The number of H-pyrrole nitrogens is 1.